The molecular formula is C16H16N2O3S. The molecule has 5 nitrogen and oxygen atoms in total. The van der Waals surface area contributed by atoms with Crippen molar-refractivity contribution in [3.8, 4) is 11.3 Å². The van der Waals surface area contributed by atoms with Crippen LogP contribution in [0.15, 0.2) is 29.0 Å². The first kappa shape index (κ1) is 14.7. The number of thiophene rings is 1. The van der Waals surface area contributed by atoms with Crippen molar-refractivity contribution in [3.05, 3.63) is 40.2 Å². The van der Waals surface area contributed by atoms with Crippen LogP contribution in [0, 0.1) is 12.8 Å². The van der Waals surface area contributed by atoms with E-state index >= 15 is 0 Å². The average Bonchev–Trinajstić information content (AvgIpc) is 3.18. The molecule has 1 fully saturated rings. The van der Waals surface area contributed by atoms with Gasteiger partial charge >= 0.3 is 5.97 Å². The number of amides is 1. The molecule has 1 unspecified atom stereocenters. The molecule has 0 aromatic carbocycles. The number of rotatable bonds is 3. The Kier molecular flexibility index (Phi) is 3.94. The minimum atomic E-state index is -0.835. The Bertz CT molecular complexity index is 712. The zero-order chi connectivity index (χ0) is 15.7. The monoisotopic (exact) mass is 316 g/mol. The fraction of sp³-hybridized carbons (Fsp3) is 0.312. The third kappa shape index (κ3) is 2.74. The zero-order valence-electron chi connectivity index (χ0n) is 12.2. The molecule has 0 bridgehead atoms. The van der Waals surface area contributed by atoms with Gasteiger partial charge in [-0.25, -0.2) is 0 Å². The molecule has 1 amide bonds. The first-order chi connectivity index (χ1) is 10.6. The van der Waals surface area contributed by atoms with Crippen LogP contribution in [0.2, 0.25) is 0 Å². The second kappa shape index (κ2) is 5.88. The van der Waals surface area contributed by atoms with Gasteiger partial charge in [0.1, 0.15) is 0 Å². The molecule has 3 heterocycles. The Balaban J connectivity index is 1.80. The van der Waals surface area contributed by atoms with Crippen LogP contribution in [-0.4, -0.2) is 40.0 Å². The number of aryl methyl sites for hydroxylation is 1. The zero-order valence-corrected chi connectivity index (χ0v) is 13.0. The number of carboxylic acid groups (broad SMARTS) is 1. The minimum Gasteiger partial charge on any atom is -0.481 e. The molecular weight excluding hydrogens is 300 g/mol. The van der Waals surface area contributed by atoms with E-state index in [4.69, 9.17) is 5.11 Å². The van der Waals surface area contributed by atoms with Crippen LogP contribution < -0.4 is 0 Å². The van der Waals surface area contributed by atoms with Gasteiger partial charge in [0.2, 0.25) is 0 Å². The molecule has 1 saturated heterocycles. The van der Waals surface area contributed by atoms with Crippen LogP contribution in [-0.2, 0) is 4.79 Å². The number of nitrogens with zero attached hydrogens (tertiary/aromatic N) is 2. The van der Waals surface area contributed by atoms with Crippen molar-refractivity contribution in [2.45, 2.75) is 13.3 Å². The lowest BCUT2D eigenvalue weighted by Gasteiger charge is -2.17. The number of aromatic nitrogens is 1. The summed E-state index contributed by atoms with van der Waals surface area (Å²) in [7, 11) is 0. The smallest absolute Gasteiger partial charge is 0.308 e. The predicted octanol–water partition coefficient (Wildman–Crippen LogP) is 2.67. The van der Waals surface area contributed by atoms with Crippen LogP contribution in [0.4, 0.5) is 0 Å². The number of carbonyl (C=O) groups is 2. The molecule has 114 valence electrons. The summed E-state index contributed by atoms with van der Waals surface area (Å²) in [5.74, 6) is -1.43. The molecule has 1 N–H and O–H groups in total. The maximum atomic E-state index is 12.5. The van der Waals surface area contributed by atoms with Crippen molar-refractivity contribution in [2.75, 3.05) is 13.1 Å². The molecule has 1 atom stereocenters. The van der Waals surface area contributed by atoms with Crippen molar-refractivity contribution in [1.29, 1.82) is 0 Å². The molecule has 1 aliphatic heterocycles. The summed E-state index contributed by atoms with van der Waals surface area (Å²) in [5.41, 5.74) is 3.11. The third-order valence-corrected chi connectivity index (χ3v) is 4.64. The molecule has 0 spiro atoms. The van der Waals surface area contributed by atoms with E-state index in [9.17, 15) is 9.59 Å². The van der Waals surface area contributed by atoms with Crippen molar-refractivity contribution in [1.82, 2.24) is 9.88 Å². The van der Waals surface area contributed by atoms with Crippen molar-refractivity contribution in [2.24, 2.45) is 5.92 Å². The largest absolute Gasteiger partial charge is 0.481 e. The highest BCUT2D eigenvalue weighted by Gasteiger charge is 2.31. The lowest BCUT2D eigenvalue weighted by molar-refractivity contribution is -0.141. The van der Waals surface area contributed by atoms with Gasteiger partial charge in [0.25, 0.3) is 5.91 Å². The summed E-state index contributed by atoms with van der Waals surface area (Å²) >= 11 is 1.60. The highest BCUT2D eigenvalue weighted by molar-refractivity contribution is 7.08. The van der Waals surface area contributed by atoms with E-state index < -0.39 is 11.9 Å². The molecule has 2 aromatic heterocycles. The fourth-order valence-corrected chi connectivity index (χ4v) is 3.32. The maximum Gasteiger partial charge on any atom is 0.308 e. The van der Waals surface area contributed by atoms with Gasteiger partial charge in [-0.3, -0.25) is 14.6 Å². The molecule has 0 saturated carbocycles. The Morgan fingerprint density at radius 1 is 1.36 bits per heavy atom. The number of aliphatic carboxylic acids is 1. The molecule has 6 heteroatoms. The highest BCUT2D eigenvalue weighted by Crippen LogP contribution is 2.24. The normalized spacial score (nSPS) is 17.7. The van der Waals surface area contributed by atoms with E-state index in [1.54, 1.807) is 22.3 Å². The van der Waals surface area contributed by atoms with E-state index in [-0.39, 0.29) is 12.5 Å². The van der Waals surface area contributed by atoms with Crippen LogP contribution in [0.1, 0.15) is 22.5 Å². The van der Waals surface area contributed by atoms with E-state index in [0.29, 0.717) is 24.2 Å². The van der Waals surface area contributed by atoms with Gasteiger partial charge < -0.3 is 10.0 Å². The number of pyridine rings is 1. The SMILES string of the molecule is Cc1nc(-c2ccsc2)ccc1C(=O)N1CCC(C(=O)O)C1. The number of carboxylic acids is 1. The maximum absolute atomic E-state index is 12.5. The van der Waals surface area contributed by atoms with Crippen molar-refractivity contribution < 1.29 is 14.7 Å². The molecule has 22 heavy (non-hydrogen) atoms. The fourth-order valence-electron chi connectivity index (χ4n) is 2.67. The lowest BCUT2D eigenvalue weighted by atomic mass is 10.1. The van der Waals surface area contributed by atoms with E-state index in [1.807, 2.05) is 29.8 Å². The van der Waals surface area contributed by atoms with Gasteiger partial charge in [-0.1, -0.05) is 0 Å². The van der Waals surface area contributed by atoms with Crippen LogP contribution in [0.25, 0.3) is 11.3 Å². The Morgan fingerprint density at radius 2 is 2.18 bits per heavy atom. The molecule has 0 radical (unpaired) electrons. The Morgan fingerprint density at radius 3 is 2.77 bits per heavy atom. The number of hydrogen-bond acceptors (Lipinski definition) is 4. The summed E-state index contributed by atoms with van der Waals surface area (Å²) in [4.78, 5) is 29.6. The molecule has 2 aromatic rings. The number of carbonyl (C=O) groups excluding carboxylic acids is 1. The van der Waals surface area contributed by atoms with Crippen molar-refractivity contribution in [3.63, 3.8) is 0 Å². The number of likely N-dealkylation sites (tertiary alicyclic amines) is 1. The lowest BCUT2D eigenvalue weighted by Crippen LogP contribution is -2.30. The molecule has 0 aliphatic carbocycles. The Hall–Kier alpha value is -2.21. The van der Waals surface area contributed by atoms with Gasteiger partial charge in [0.15, 0.2) is 0 Å². The minimum absolute atomic E-state index is 0.134. The average molecular weight is 316 g/mol. The quantitative estimate of drug-likeness (QED) is 0.945. The summed E-state index contributed by atoms with van der Waals surface area (Å²) in [6.45, 7) is 2.58. The first-order valence-electron chi connectivity index (χ1n) is 7.08. The summed E-state index contributed by atoms with van der Waals surface area (Å²) in [6, 6.07) is 5.62. The molecule has 1 aliphatic rings. The topological polar surface area (TPSA) is 70.5 Å². The van der Waals surface area contributed by atoms with Crippen LogP contribution >= 0.6 is 11.3 Å². The van der Waals surface area contributed by atoms with Gasteiger partial charge in [0, 0.05) is 24.0 Å². The second-order valence-electron chi connectivity index (χ2n) is 5.42. The van der Waals surface area contributed by atoms with Crippen LogP contribution in [0.3, 0.4) is 0 Å². The second-order valence-corrected chi connectivity index (χ2v) is 6.20. The summed E-state index contributed by atoms with van der Waals surface area (Å²) in [5, 5.41) is 13.0. The first-order valence-corrected chi connectivity index (χ1v) is 8.03. The van der Waals surface area contributed by atoms with Gasteiger partial charge in [-0.2, -0.15) is 11.3 Å². The standard InChI is InChI=1S/C16H16N2O3S/c1-10-13(2-3-14(17-10)12-5-7-22-9-12)15(19)18-6-4-11(8-18)16(20)21/h2-3,5,7,9,11H,4,6,8H2,1H3,(H,20,21). The highest BCUT2D eigenvalue weighted by atomic mass is 32.1. The number of hydrogen-bond donors (Lipinski definition) is 1. The van der Waals surface area contributed by atoms with Gasteiger partial charge in [-0.05, 0) is 36.9 Å². The molecule has 3 rings (SSSR count). The summed E-state index contributed by atoms with van der Waals surface area (Å²) < 4.78 is 0. The summed E-state index contributed by atoms with van der Waals surface area (Å²) in [6.07, 6.45) is 0.514. The van der Waals surface area contributed by atoms with E-state index in [2.05, 4.69) is 4.98 Å². The van der Waals surface area contributed by atoms with Crippen LogP contribution in [0.5, 0.6) is 0 Å². The van der Waals surface area contributed by atoms with Gasteiger partial charge in [0.05, 0.1) is 22.9 Å². The van der Waals surface area contributed by atoms with E-state index in [1.165, 1.54) is 0 Å². The van der Waals surface area contributed by atoms with Gasteiger partial charge in [-0.15, -0.1) is 0 Å². The predicted molar refractivity (Wildman–Crippen MR) is 83.9 cm³/mol. The third-order valence-electron chi connectivity index (χ3n) is 3.96. The van der Waals surface area contributed by atoms with E-state index in [0.717, 1.165) is 11.3 Å². The Labute approximate surface area is 132 Å². The van der Waals surface area contributed by atoms with Crippen molar-refractivity contribution >= 4 is 23.2 Å².